The number of thioether (sulfide) groups is 1. The molecule has 3 amide bonds. The van der Waals surface area contributed by atoms with Crippen molar-refractivity contribution in [3.8, 4) is 0 Å². The lowest BCUT2D eigenvalue weighted by Gasteiger charge is -2.16. The third-order valence-corrected chi connectivity index (χ3v) is 3.30. The van der Waals surface area contributed by atoms with Gasteiger partial charge in [0.2, 0.25) is 11.7 Å². The van der Waals surface area contributed by atoms with Crippen LogP contribution in [0.4, 0.5) is 20.6 Å². The number of primary amides is 1. The largest absolute Gasteiger partial charge is 0.352 e. The summed E-state index contributed by atoms with van der Waals surface area (Å²) in [5, 5.41) is 15.3. The number of hydrogen-bond donors (Lipinski definition) is 3. The molecule has 0 saturated heterocycles. The molecule has 0 aliphatic heterocycles. The zero-order valence-corrected chi connectivity index (χ0v) is 12.5. The first-order valence-electron chi connectivity index (χ1n) is 6.15. The van der Waals surface area contributed by atoms with Crippen molar-refractivity contribution < 1.29 is 18.9 Å². The van der Waals surface area contributed by atoms with E-state index in [1.54, 1.807) is 0 Å². The maximum Gasteiger partial charge on any atom is 0.312 e. The third kappa shape index (κ3) is 5.20. The fraction of sp³-hybridized carbons (Fsp3) is 0.333. The van der Waals surface area contributed by atoms with Gasteiger partial charge in [-0.1, -0.05) is 0 Å². The number of anilines is 1. The molecule has 1 rings (SSSR count). The number of nitrogens with zero attached hydrogens (tertiary/aromatic N) is 1. The minimum absolute atomic E-state index is 0.0542. The summed E-state index contributed by atoms with van der Waals surface area (Å²) in [5.74, 6) is -0.993. The van der Waals surface area contributed by atoms with Crippen molar-refractivity contribution in [3.05, 3.63) is 34.1 Å². The van der Waals surface area contributed by atoms with Crippen LogP contribution in [0.1, 0.15) is 6.42 Å². The molecule has 1 atom stereocenters. The second-order valence-electron chi connectivity index (χ2n) is 4.26. The predicted octanol–water partition coefficient (Wildman–Crippen LogP) is 1.46. The summed E-state index contributed by atoms with van der Waals surface area (Å²) in [6, 6.07) is 1.24. The summed E-state index contributed by atoms with van der Waals surface area (Å²) >= 11 is 1.48. The Labute approximate surface area is 129 Å². The molecule has 0 radical (unpaired) electrons. The molecule has 0 aromatic heterocycles. The van der Waals surface area contributed by atoms with Crippen LogP contribution in [0.2, 0.25) is 0 Å². The first kappa shape index (κ1) is 17.7. The lowest BCUT2D eigenvalue weighted by Crippen LogP contribution is -2.46. The molecule has 0 aliphatic rings. The minimum Gasteiger partial charge on any atom is -0.352 e. The fourth-order valence-corrected chi connectivity index (χ4v) is 2.11. The van der Waals surface area contributed by atoms with Crippen LogP contribution < -0.4 is 16.4 Å². The Morgan fingerprint density at radius 1 is 1.50 bits per heavy atom. The van der Waals surface area contributed by atoms with E-state index >= 15 is 0 Å². The predicted molar refractivity (Wildman–Crippen MR) is 81.2 cm³/mol. The number of benzene rings is 1. The Bertz CT molecular complexity index is 584. The number of nitrogens with two attached hydrogens (primary N) is 1. The van der Waals surface area contributed by atoms with Crippen molar-refractivity contribution >= 4 is 35.1 Å². The highest BCUT2D eigenvalue weighted by Gasteiger charge is 2.21. The van der Waals surface area contributed by atoms with E-state index in [2.05, 4.69) is 10.6 Å². The van der Waals surface area contributed by atoms with E-state index in [0.29, 0.717) is 12.2 Å². The van der Waals surface area contributed by atoms with E-state index in [9.17, 15) is 24.1 Å². The van der Waals surface area contributed by atoms with Crippen molar-refractivity contribution in [1.29, 1.82) is 0 Å². The van der Waals surface area contributed by atoms with Crippen LogP contribution >= 0.6 is 11.8 Å². The lowest BCUT2D eigenvalue weighted by atomic mass is 10.2. The number of nitrogens with one attached hydrogen (secondary N) is 2. The molecule has 1 aromatic rings. The van der Waals surface area contributed by atoms with Crippen LogP contribution in [0, 0.1) is 15.9 Å². The molecule has 4 N–H and O–H groups in total. The maximum atomic E-state index is 13.2. The van der Waals surface area contributed by atoms with E-state index < -0.39 is 34.4 Å². The van der Waals surface area contributed by atoms with E-state index in [1.165, 1.54) is 17.8 Å². The summed E-state index contributed by atoms with van der Waals surface area (Å²) in [6.45, 7) is 0. The van der Waals surface area contributed by atoms with Crippen molar-refractivity contribution in [2.45, 2.75) is 12.5 Å². The molecule has 0 bridgehead atoms. The number of urea groups is 1. The topological polar surface area (TPSA) is 127 Å². The van der Waals surface area contributed by atoms with Crippen LogP contribution in [-0.2, 0) is 4.79 Å². The monoisotopic (exact) mass is 330 g/mol. The highest BCUT2D eigenvalue weighted by atomic mass is 32.2. The van der Waals surface area contributed by atoms with Gasteiger partial charge < -0.3 is 16.4 Å². The smallest absolute Gasteiger partial charge is 0.312 e. The van der Waals surface area contributed by atoms with E-state index in [4.69, 9.17) is 5.73 Å². The normalized spacial score (nSPS) is 11.5. The SMILES string of the molecule is CSCC[C@@H](NC(N)=O)C(=O)Nc1ccc(F)c([N+](=O)[O-])c1. The number of carbonyl (C=O) groups is 2. The Morgan fingerprint density at radius 2 is 2.18 bits per heavy atom. The van der Waals surface area contributed by atoms with Crippen LogP contribution in [-0.4, -0.2) is 34.9 Å². The zero-order chi connectivity index (χ0) is 16.7. The van der Waals surface area contributed by atoms with Gasteiger partial charge in [0.15, 0.2) is 0 Å². The van der Waals surface area contributed by atoms with Crippen LogP contribution in [0.15, 0.2) is 18.2 Å². The van der Waals surface area contributed by atoms with Gasteiger partial charge in [-0.05, 0) is 30.6 Å². The highest BCUT2D eigenvalue weighted by Crippen LogP contribution is 2.21. The number of carbonyl (C=O) groups excluding carboxylic acids is 2. The summed E-state index contributed by atoms with van der Waals surface area (Å²) in [6.07, 6.45) is 2.17. The van der Waals surface area contributed by atoms with Gasteiger partial charge in [0.05, 0.1) is 4.92 Å². The maximum absolute atomic E-state index is 13.2. The van der Waals surface area contributed by atoms with E-state index in [-0.39, 0.29) is 5.69 Å². The molecule has 8 nitrogen and oxygen atoms in total. The summed E-state index contributed by atoms with van der Waals surface area (Å²) < 4.78 is 13.2. The Balaban J connectivity index is 2.86. The minimum atomic E-state index is -1.00. The van der Waals surface area contributed by atoms with Gasteiger partial charge in [0.1, 0.15) is 6.04 Å². The Morgan fingerprint density at radius 3 is 2.73 bits per heavy atom. The van der Waals surface area contributed by atoms with Gasteiger partial charge in [-0.15, -0.1) is 0 Å². The van der Waals surface area contributed by atoms with Crippen LogP contribution in [0.5, 0.6) is 0 Å². The molecule has 0 aliphatic carbocycles. The van der Waals surface area contributed by atoms with E-state index in [1.807, 2.05) is 6.26 Å². The van der Waals surface area contributed by atoms with Crippen molar-refractivity contribution in [2.24, 2.45) is 5.73 Å². The van der Waals surface area contributed by atoms with Crippen LogP contribution in [0.3, 0.4) is 0 Å². The van der Waals surface area contributed by atoms with Gasteiger partial charge in [-0.2, -0.15) is 16.2 Å². The number of nitro benzene ring substituents is 1. The van der Waals surface area contributed by atoms with Crippen LogP contribution in [0.25, 0.3) is 0 Å². The molecule has 0 heterocycles. The highest BCUT2D eigenvalue weighted by molar-refractivity contribution is 7.98. The quantitative estimate of drug-likeness (QED) is 0.515. The third-order valence-electron chi connectivity index (χ3n) is 2.65. The molecule has 0 saturated carbocycles. The Kier molecular flexibility index (Phi) is 6.57. The van der Waals surface area contributed by atoms with Gasteiger partial charge in [-0.3, -0.25) is 14.9 Å². The molecular formula is C12H15FN4O4S. The number of rotatable bonds is 7. The van der Waals surface area contributed by atoms with Gasteiger partial charge >= 0.3 is 11.7 Å². The number of nitro groups is 1. The van der Waals surface area contributed by atoms with Crippen molar-refractivity contribution in [1.82, 2.24) is 5.32 Å². The van der Waals surface area contributed by atoms with Gasteiger partial charge in [0, 0.05) is 11.8 Å². The Hall–Kier alpha value is -2.36. The lowest BCUT2D eigenvalue weighted by molar-refractivity contribution is -0.387. The molecule has 1 aromatic carbocycles. The number of amides is 3. The van der Waals surface area contributed by atoms with Crippen molar-refractivity contribution in [2.75, 3.05) is 17.3 Å². The molecule has 0 spiro atoms. The standard InChI is InChI=1S/C12H15FN4O4S/c1-22-5-4-9(16-12(14)19)11(18)15-7-2-3-8(13)10(6-7)17(20)21/h2-3,6,9H,4-5H2,1H3,(H,15,18)(H3,14,16,19)/t9-/m1/s1. The first-order valence-corrected chi connectivity index (χ1v) is 7.54. The molecule has 22 heavy (non-hydrogen) atoms. The molecule has 120 valence electrons. The summed E-state index contributed by atoms with van der Waals surface area (Å²) in [5.41, 5.74) is 4.31. The average Bonchev–Trinajstić information content (AvgIpc) is 2.44. The molecule has 0 unspecified atom stereocenters. The average molecular weight is 330 g/mol. The van der Waals surface area contributed by atoms with Gasteiger partial charge in [0.25, 0.3) is 0 Å². The zero-order valence-electron chi connectivity index (χ0n) is 11.7. The first-order chi connectivity index (χ1) is 10.3. The second-order valence-corrected chi connectivity index (χ2v) is 5.24. The second kappa shape index (κ2) is 8.17. The fourth-order valence-electron chi connectivity index (χ4n) is 1.64. The number of hydrogen-bond acceptors (Lipinski definition) is 5. The number of halogens is 1. The van der Waals surface area contributed by atoms with Gasteiger partial charge in [-0.25, -0.2) is 4.79 Å². The summed E-state index contributed by atoms with van der Waals surface area (Å²) in [7, 11) is 0. The molecular weight excluding hydrogens is 315 g/mol. The molecule has 10 heteroatoms. The summed E-state index contributed by atoms with van der Waals surface area (Å²) in [4.78, 5) is 32.7. The van der Waals surface area contributed by atoms with Crippen molar-refractivity contribution in [3.63, 3.8) is 0 Å². The molecule has 0 fully saturated rings. The van der Waals surface area contributed by atoms with E-state index in [0.717, 1.165) is 12.1 Å².